The highest BCUT2D eigenvalue weighted by Gasteiger charge is 2.50. The van der Waals surface area contributed by atoms with Crippen LogP contribution in [0.2, 0.25) is 5.02 Å². The van der Waals surface area contributed by atoms with Gasteiger partial charge in [-0.25, -0.2) is 4.39 Å². The minimum absolute atomic E-state index is 0.0885. The fourth-order valence-corrected chi connectivity index (χ4v) is 4.80. The van der Waals surface area contributed by atoms with Gasteiger partial charge in [0, 0.05) is 16.3 Å². The molecule has 2 aliphatic carbocycles. The van der Waals surface area contributed by atoms with Crippen molar-refractivity contribution in [1.82, 2.24) is 0 Å². The molecule has 0 aromatic heterocycles. The molecular weight excluding hydrogens is 405 g/mol. The monoisotopic (exact) mass is 429 g/mol. The van der Waals surface area contributed by atoms with Gasteiger partial charge in [0.1, 0.15) is 5.82 Å². The van der Waals surface area contributed by atoms with Gasteiger partial charge in [0.05, 0.1) is 11.3 Å². The second kappa shape index (κ2) is 8.38. The summed E-state index contributed by atoms with van der Waals surface area (Å²) in [6, 6.07) is 11.8. The van der Waals surface area contributed by atoms with E-state index in [9.17, 15) is 19.1 Å². The molecule has 30 heavy (non-hydrogen) atoms. The van der Waals surface area contributed by atoms with Crippen molar-refractivity contribution in [3.63, 3.8) is 0 Å². The number of benzene rings is 2. The van der Waals surface area contributed by atoms with Crippen molar-refractivity contribution in [2.75, 3.05) is 5.32 Å². The molecule has 4 rings (SSSR count). The van der Waals surface area contributed by atoms with E-state index < -0.39 is 23.1 Å². The Kier molecular flexibility index (Phi) is 5.83. The predicted molar refractivity (Wildman–Crippen MR) is 114 cm³/mol. The average Bonchev–Trinajstić information content (AvgIpc) is 3.28. The van der Waals surface area contributed by atoms with E-state index in [4.69, 9.17) is 11.6 Å². The number of halogens is 2. The van der Waals surface area contributed by atoms with Crippen LogP contribution in [-0.2, 0) is 16.0 Å². The zero-order chi connectivity index (χ0) is 21.3. The lowest BCUT2D eigenvalue weighted by Crippen LogP contribution is -2.27. The lowest BCUT2D eigenvalue weighted by molar-refractivity contribution is -0.143. The minimum Gasteiger partial charge on any atom is -0.481 e. The van der Waals surface area contributed by atoms with Crippen molar-refractivity contribution in [3.05, 3.63) is 64.4 Å². The fraction of sp³-hybridized carbons (Fsp3) is 0.417. The highest BCUT2D eigenvalue weighted by atomic mass is 35.5. The maximum Gasteiger partial charge on any atom is 0.309 e. The van der Waals surface area contributed by atoms with Gasteiger partial charge in [0.25, 0.3) is 0 Å². The molecule has 158 valence electrons. The smallest absolute Gasteiger partial charge is 0.309 e. The molecular formula is C24H25ClFNO3. The molecule has 0 saturated heterocycles. The summed E-state index contributed by atoms with van der Waals surface area (Å²) in [5, 5.41) is 12.7. The molecule has 4 nitrogen and oxygen atoms in total. The Balaban J connectivity index is 1.55. The zero-order valence-electron chi connectivity index (χ0n) is 16.7. The summed E-state index contributed by atoms with van der Waals surface area (Å²) in [6.45, 7) is 0. The van der Waals surface area contributed by atoms with Gasteiger partial charge in [0.15, 0.2) is 0 Å². The quantitative estimate of drug-likeness (QED) is 0.584. The number of carboxylic acid groups (broad SMARTS) is 1. The van der Waals surface area contributed by atoms with Gasteiger partial charge in [-0.2, -0.15) is 0 Å². The van der Waals surface area contributed by atoms with Gasteiger partial charge in [0.2, 0.25) is 5.91 Å². The number of nitrogens with one attached hydrogen (secondary N) is 1. The average molecular weight is 430 g/mol. The Morgan fingerprint density at radius 2 is 1.90 bits per heavy atom. The Bertz CT molecular complexity index is 967. The number of aliphatic carboxylic acids is 1. The van der Waals surface area contributed by atoms with Crippen LogP contribution in [0.5, 0.6) is 0 Å². The first-order valence-electron chi connectivity index (χ1n) is 10.5. The van der Waals surface area contributed by atoms with Crippen LogP contribution < -0.4 is 5.32 Å². The highest BCUT2D eigenvalue weighted by Crippen LogP contribution is 2.48. The van der Waals surface area contributed by atoms with Crippen LogP contribution in [0.15, 0.2) is 42.5 Å². The molecule has 2 aromatic rings. The van der Waals surface area contributed by atoms with Gasteiger partial charge in [-0.15, -0.1) is 0 Å². The van der Waals surface area contributed by atoms with Gasteiger partial charge in [-0.05, 0) is 67.9 Å². The van der Waals surface area contributed by atoms with E-state index >= 15 is 0 Å². The van der Waals surface area contributed by atoms with E-state index in [-0.39, 0.29) is 11.8 Å². The van der Waals surface area contributed by atoms with Crippen molar-refractivity contribution < 1.29 is 19.1 Å². The standard InChI is InChI=1S/C24H25ClFNO3/c25-17-8-9-19(20(26)13-17)21(16-5-1-2-6-16)22(28)27-18-7-3-4-15(12-18)14-24(10-11-24)23(29)30/h3-4,7-9,12-13,16,21H,1-2,5-6,10-11,14H2,(H,27,28)(H,29,30). The molecule has 2 saturated carbocycles. The number of amides is 1. The van der Waals surface area contributed by atoms with E-state index in [0.29, 0.717) is 35.5 Å². The molecule has 6 heteroatoms. The highest BCUT2D eigenvalue weighted by molar-refractivity contribution is 6.30. The molecule has 2 aliphatic rings. The first kappa shape index (κ1) is 20.9. The van der Waals surface area contributed by atoms with Crippen LogP contribution in [0.25, 0.3) is 0 Å². The Morgan fingerprint density at radius 3 is 2.53 bits per heavy atom. The Labute approximate surface area is 180 Å². The van der Waals surface area contributed by atoms with Crippen molar-refractivity contribution in [2.45, 2.75) is 50.9 Å². The van der Waals surface area contributed by atoms with Crippen LogP contribution in [0.1, 0.15) is 55.6 Å². The first-order chi connectivity index (χ1) is 14.4. The summed E-state index contributed by atoms with van der Waals surface area (Å²) >= 11 is 5.91. The number of hydrogen-bond acceptors (Lipinski definition) is 2. The van der Waals surface area contributed by atoms with Crippen LogP contribution in [0.3, 0.4) is 0 Å². The molecule has 0 bridgehead atoms. The first-order valence-corrected chi connectivity index (χ1v) is 10.8. The number of carbonyl (C=O) groups excluding carboxylic acids is 1. The predicted octanol–water partition coefficient (Wildman–Crippen LogP) is 5.80. The summed E-state index contributed by atoms with van der Waals surface area (Å²) in [6.07, 6.45) is 5.66. The van der Waals surface area contributed by atoms with Crippen LogP contribution in [0.4, 0.5) is 10.1 Å². The van der Waals surface area contributed by atoms with Crippen LogP contribution in [0, 0.1) is 17.2 Å². The third-order valence-electron chi connectivity index (χ3n) is 6.50. The van der Waals surface area contributed by atoms with E-state index in [1.165, 1.54) is 6.07 Å². The molecule has 1 unspecified atom stereocenters. The lowest BCUT2D eigenvalue weighted by atomic mass is 9.83. The molecule has 0 heterocycles. The number of rotatable bonds is 7. The SMILES string of the molecule is O=C(Nc1cccc(CC2(C(=O)O)CC2)c1)C(c1ccc(Cl)cc1F)C1CCCC1. The van der Waals surface area contributed by atoms with E-state index in [2.05, 4.69) is 5.32 Å². The Morgan fingerprint density at radius 1 is 1.17 bits per heavy atom. The molecule has 0 aliphatic heterocycles. The normalized spacial score (nSPS) is 18.7. The largest absolute Gasteiger partial charge is 0.481 e. The lowest BCUT2D eigenvalue weighted by Gasteiger charge is -2.24. The molecule has 0 spiro atoms. The number of hydrogen-bond donors (Lipinski definition) is 2. The number of carboxylic acids is 1. The summed E-state index contributed by atoms with van der Waals surface area (Å²) < 4.78 is 14.7. The summed E-state index contributed by atoms with van der Waals surface area (Å²) in [5.74, 6) is -1.95. The van der Waals surface area contributed by atoms with E-state index in [0.717, 1.165) is 31.2 Å². The maximum absolute atomic E-state index is 14.7. The molecule has 1 amide bonds. The molecule has 1 atom stereocenters. The number of carbonyl (C=O) groups is 2. The van der Waals surface area contributed by atoms with Gasteiger partial charge in [-0.1, -0.05) is 42.6 Å². The Hall–Kier alpha value is -2.40. The van der Waals surface area contributed by atoms with Crippen molar-refractivity contribution in [2.24, 2.45) is 11.3 Å². The van der Waals surface area contributed by atoms with E-state index in [1.807, 2.05) is 18.2 Å². The third-order valence-corrected chi connectivity index (χ3v) is 6.73. The third kappa shape index (κ3) is 4.36. The molecule has 2 aromatic carbocycles. The summed E-state index contributed by atoms with van der Waals surface area (Å²) in [7, 11) is 0. The van der Waals surface area contributed by atoms with Gasteiger partial charge in [-0.3, -0.25) is 9.59 Å². The number of anilines is 1. The van der Waals surface area contributed by atoms with Crippen molar-refractivity contribution >= 4 is 29.2 Å². The van der Waals surface area contributed by atoms with Gasteiger partial charge < -0.3 is 10.4 Å². The summed E-state index contributed by atoms with van der Waals surface area (Å²) in [5.41, 5.74) is 1.20. The van der Waals surface area contributed by atoms with Crippen molar-refractivity contribution in [3.8, 4) is 0 Å². The van der Waals surface area contributed by atoms with Crippen LogP contribution in [-0.4, -0.2) is 17.0 Å². The molecule has 2 fully saturated rings. The fourth-order valence-electron chi connectivity index (χ4n) is 4.64. The van der Waals surface area contributed by atoms with Gasteiger partial charge >= 0.3 is 5.97 Å². The second-order valence-corrected chi connectivity index (χ2v) is 9.08. The van der Waals surface area contributed by atoms with Crippen LogP contribution >= 0.6 is 11.6 Å². The second-order valence-electron chi connectivity index (χ2n) is 8.64. The van der Waals surface area contributed by atoms with E-state index in [1.54, 1.807) is 18.2 Å². The molecule has 0 radical (unpaired) electrons. The summed E-state index contributed by atoms with van der Waals surface area (Å²) in [4.78, 5) is 24.7. The minimum atomic E-state index is -0.767. The molecule has 2 N–H and O–H groups in total. The maximum atomic E-state index is 14.7. The zero-order valence-corrected chi connectivity index (χ0v) is 17.4. The van der Waals surface area contributed by atoms with Crippen molar-refractivity contribution in [1.29, 1.82) is 0 Å². The topological polar surface area (TPSA) is 66.4 Å².